The lowest BCUT2D eigenvalue weighted by atomic mass is 10.2. The van der Waals surface area contributed by atoms with E-state index in [0.717, 1.165) is 16.9 Å². The van der Waals surface area contributed by atoms with Crippen LogP contribution in [-0.4, -0.2) is 24.6 Å². The van der Waals surface area contributed by atoms with Gasteiger partial charge < -0.3 is 20.1 Å². The molecular weight excluding hydrogens is 383 g/mol. The molecular formula is C23H25FN4O2. The molecule has 0 spiro atoms. The zero-order chi connectivity index (χ0) is 21.2. The van der Waals surface area contributed by atoms with Crippen molar-refractivity contribution in [3.63, 3.8) is 0 Å². The van der Waals surface area contributed by atoms with E-state index >= 15 is 0 Å². The minimum Gasteiger partial charge on any atom is -0.494 e. The first kappa shape index (κ1) is 21.1. The van der Waals surface area contributed by atoms with Crippen LogP contribution in [0, 0.1) is 5.82 Å². The molecule has 0 bridgehead atoms. The Kier molecular flexibility index (Phi) is 7.60. The predicted molar refractivity (Wildman–Crippen MR) is 115 cm³/mol. The Morgan fingerprint density at radius 2 is 1.87 bits per heavy atom. The summed E-state index contributed by atoms with van der Waals surface area (Å²) in [5.74, 6) is 1.65. The first-order valence-corrected chi connectivity index (χ1v) is 9.71. The zero-order valence-electron chi connectivity index (χ0n) is 17.1. The number of aliphatic imine (C=N–C) groups is 1. The second-order valence-electron chi connectivity index (χ2n) is 6.38. The molecule has 0 fully saturated rings. The van der Waals surface area contributed by atoms with Gasteiger partial charge in [-0.3, -0.25) is 9.98 Å². The number of nitrogens with zero attached hydrogens (tertiary/aromatic N) is 2. The topological polar surface area (TPSA) is 67.8 Å². The van der Waals surface area contributed by atoms with Crippen LogP contribution in [-0.2, 0) is 13.1 Å². The molecule has 30 heavy (non-hydrogen) atoms. The standard InChI is InChI=1S/C23H25FN4O2/c1-3-29-21-9-5-4-7-18(21)15-28-23(25-2)27-14-17-10-11-22(20(24)13-17)30-19-8-6-12-26-16-19/h4-13,16H,3,14-15H2,1-2H3,(H2,25,27,28). The second-order valence-corrected chi connectivity index (χ2v) is 6.38. The van der Waals surface area contributed by atoms with Crippen LogP contribution in [0.25, 0.3) is 0 Å². The smallest absolute Gasteiger partial charge is 0.191 e. The lowest BCUT2D eigenvalue weighted by Gasteiger charge is -2.15. The summed E-state index contributed by atoms with van der Waals surface area (Å²) in [7, 11) is 1.69. The van der Waals surface area contributed by atoms with E-state index in [4.69, 9.17) is 9.47 Å². The number of pyridine rings is 1. The summed E-state index contributed by atoms with van der Waals surface area (Å²) < 4.78 is 25.6. The third-order valence-electron chi connectivity index (χ3n) is 4.26. The lowest BCUT2D eigenvalue weighted by molar-refractivity contribution is 0.336. The Hall–Kier alpha value is -3.61. The van der Waals surface area contributed by atoms with Crippen molar-refractivity contribution in [1.82, 2.24) is 15.6 Å². The Labute approximate surface area is 175 Å². The number of benzene rings is 2. The van der Waals surface area contributed by atoms with Crippen molar-refractivity contribution >= 4 is 5.96 Å². The van der Waals surface area contributed by atoms with Gasteiger partial charge in [-0.1, -0.05) is 24.3 Å². The van der Waals surface area contributed by atoms with E-state index in [1.165, 1.54) is 12.3 Å². The molecule has 0 aliphatic carbocycles. The highest BCUT2D eigenvalue weighted by Gasteiger charge is 2.08. The van der Waals surface area contributed by atoms with Gasteiger partial charge in [0.15, 0.2) is 17.5 Å². The van der Waals surface area contributed by atoms with E-state index in [0.29, 0.717) is 31.4 Å². The minimum atomic E-state index is -0.438. The molecule has 0 aliphatic heterocycles. The number of rotatable bonds is 8. The third-order valence-corrected chi connectivity index (χ3v) is 4.26. The molecule has 3 rings (SSSR count). The first-order valence-electron chi connectivity index (χ1n) is 9.71. The molecule has 0 saturated carbocycles. The lowest BCUT2D eigenvalue weighted by Crippen LogP contribution is -2.36. The van der Waals surface area contributed by atoms with E-state index in [2.05, 4.69) is 20.6 Å². The summed E-state index contributed by atoms with van der Waals surface area (Å²) in [5, 5.41) is 6.43. The number of nitrogens with one attached hydrogen (secondary N) is 2. The summed E-state index contributed by atoms with van der Waals surface area (Å²) in [6.45, 7) is 3.53. The van der Waals surface area contributed by atoms with Crippen molar-refractivity contribution in [2.75, 3.05) is 13.7 Å². The maximum atomic E-state index is 14.4. The summed E-state index contributed by atoms with van der Waals surface area (Å²) in [6.07, 6.45) is 3.17. The molecule has 0 radical (unpaired) electrons. The molecule has 6 nitrogen and oxygen atoms in total. The number of para-hydroxylation sites is 1. The van der Waals surface area contributed by atoms with Crippen molar-refractivity contribution in [2.45, 2.75) is 20.0 Å². The van der Waals surface area contributed by atoms with Gasteiger partial charge in [0.25, 0.3) is 0 Å². The Morgan fingerprint density at radius 1 is 1.03 bits per heavy atom. The number of aromatic nitrogens is 1. The van der Waals surface area contributed by atoms with Crippen LogP contribution in [0.5, 0.6) is 17.2 Å². The maximum Gasteiger partial charge on any atom is 0.191 e. The van der Waals surface area contributed by atoms with Gasteiger partial charge in [-0.25, -0.2) is 4.39 Å². The molecule has 0 saturated heterocycles. The number of hydrogen-bond donors (Lipinski definition) is 2. The fourth-order valence-electron chi connectivity index (χ4n) is 2.80. The van der Waals surface area contributed by atoms with E-state index in [-0.39, 0.29) is 5.75 Å². The molecule has 2 aromatic carbocycles. The Morgan fingerprint density at radius 3 is 2.60 bits per heavy atom. The summed E-state index contributed by atoms with van der Waals surface area (Å²) in [6, 6.07) is 16.2. The predicted octanol–water partition coefficient (Wildman–Crippen LogP) is 4.28. The number of ether oxygens (including phenoxy) is 2. The molecule has 0 aliphatic rings. The third kappa shape index (κ3) is 5.94. The van der Waals surface area contributed by atoms with E-state index < -0.39 is 5.82 Å². The van der Waals surface area contributed by atoms with Gasteiger partial charge in [0, 0.05) is 31.9 Å². The molecule has 7 heteroatoms. The van der Waals surface area contributed by atoms with Gasteiger partial charge in [-0.2, -0.15) is 0 Å². The Bertz CT molecular complexity index is 980. The highest BCUT2D eigenvalue weighted by atomic mass is 19.1. The quantitative estimate of drug-likeness (QED) is 0.430. The van der Waals surface area contributed by atoms with Crippen LogP contribution in [0.1, 0.15) is 18.1 Å². The van der Waals surface area contributed by atoms with Gasteiger partial charge >= 0.3 is 0 Å². The minimum absolute atomic E-state index is 0.154. The van der Waals surface area contributed by atoms with E-state index in [9.17, 15) is 4.39 Å². The van der Waals surface area contributed by atoms with Crippen molar-refractivity contribution in [2.24, 2.45) is 4.99 Å². The van der Waals surface area contributed by atoms with Crippen LogP contribution in [0.2, 0.25) is 0 Å². The van der Waals surface area contributed by atoms with Crippen LogP contribution in [0.4, 0.5) is 4.39 Å². The van der Waals surface area contributed by atoms with Gasteiger partial charge in [-0.15, -0.1) is 0 Å². The molecule has 3 aromatic rings. The largest absolute Gasteiger partial charge is 0.494 e. The molecule has 1 aromatic heterocycles. The Balaban J connectivity index is 1.55. The molecule has 0 atom stereocenters. The van der Waals surface area contributed by atoms with Crippen LogP contribution >= 0.6 is 0 Å². The second kappa shape index (κ2) is 10.8. The SMILES string of the molecule is CCOc1ccccc1CNC(=NC)NCc1ccc(Oc2cccnc2)c(F)c1. The normalized spacial score (nSPS) is 11.1. The molecule has 0 unspecified atom stereocenters. The van der Waals surface area contributed by atoms with Crippen molar-refractivity contribution in [1.29, 1.82) is 0 Å². The first-order chi connectivity index (χ1) is 14.7. The number of guanidine groups is 1. The van der Waals surface area contributed by atoms with Crippen molar-refractivity contribution < 1.29 is 13.9 Å². The van der Waals surface area contributed by atoms with Gasteiger partial charge in [0.2, 0.25) is 0 Å². The highest BCUT2D eigenvalue weighted by molar-refractivity contribution is 5.79. The van der Waals surface area contributed by atoms with Crippen molar-refractivity contribution in [3.05, 3.63) is 83.9 Å². The fourth-order valence-corrected chi connectivity index (χ4v) is 2.80. The van der Waals surface area contributed by atoms with Crippen molar-refractivity contribution in [3.8, 4) is 17.2 Å². The van der Waals surface area contributed by atoms with Crippen LogP contribution < -0.4 is 20.1 Å². The average Bonchev–Trinajstić information content (AvgIpc) is 2.77. The molecule has 1 heterocycles. The van der Waals surface area contributed by atoms with Crippen LogP contribution in [0.15, 0.2) is 72.0 Å². The molecule has 2 N–H and O–H groups in total. The van der Waals surface area contributed by atoms with Gasteiger partial charge in [-0.05, 0) is 42.8 Å². The molecule has 156 valence electrons. The maximum absolute atomic E-state index is 14.4. The van der Waals surface area contributed by atoms with Gasteiger partial charge in [0.1, 0.15) is 11.5 Å². The average molecular weight is 408 g/mol. The zero-order valence-corrected chi connectivity index (χ0v) is 17.1. The highest BCUT2D eigenvalue weighted by Crippen LogP contribution is 2.24. The summed E-state index contributed by atoms with van der Waals surface area (Å²) in [5.41, 5.74) is 1.80. The number of halogens is 1. The monoisotopic (exact) mass is 408 g/mol. The summed E-state index contributed by atoms with van der Waals surface area (Å²) >= 11 is 0. The fraction of sp³-hybridized carbons (Fsp3) is 0.217. The van der Waals surface area contributed by atoms with Gasteiger partial charge in [0.05, 0.1) is 12.8 Å². The van der Waals surface area contributed by atoms with E-state index in [1.54, 1.807) is 37.5 Å². The van der Waals surface area contributed by atoms with E-state index in [1.807, 2.05) is 31.2 Å². The summed E-state index contributed by atoms with van der Waals surface area (Å²) in [4.78, 5) is 8.17. The van der Waals surface area contributed by atoms with Crippen LogP contribution in [0.3, 0.4) is 0 Å². The molecule has 0 amide bonds. The number of hydrogen-bond acceptors (Lipinski definition) is 4.